The molecule has 1 aliphatic heterocycles. The van der Waals surface area contributed by atoms with Crippen molar-refractivity contribution in [2.24, 2.45) is 0 Å². The number of pyridine rings is 1. The molecule has 164 valence electrons. The van der Waals surface area contributed by atoms with E-state index in [1.165, 1.54) is 0 Å². The number of rotatable bonds is 5. The maximum Gasteiger partial charge on any atom is 0.187 e. The minimum absolute atomic E-state index is 0.0242. The van der Waals surface area contributed by atoms with E-state index in [1.807, 2.05) is 36.4 Å². The first-order chi connectivity index (χ1) is 15.4. The number of aliphatic hydroxyl groups is 1. The highest BCUT2D eigenvalue weighted by Gasteiger charge is 2.31. The third-order valence-electron chi connectivity index (χ3n) is 5.62. The van der Waals surface area contributed by atoms with Crippen molar-refractivity contribution in [2.45, 2.75) is 12.1 Å². The fourth-order valence-corrected chi connectivity index (χ4v) is 4.58. The van der Waals surface area contributed by atoms with Crippen LogP contribution in [0.15, 0.2) is 60.8 Å². The summed E-state index contributed by atoms with van der Waals surface area (Å²) in [4.78, 5) is 12.3. The molecular formula is C24H21Cl3N4O. The van der Waals surface area contributed by atoms with Crippen LogP contribution in [0.25, 0.3) is 4.85 Å². The van der Waals surface area contributed by atoms with Gasteiger partial charge in [-0.05, 0) is 29.3 Å². The summed E-state index contributed by atoms with van der Waals surface area (Å²) in [5.41, 5.74) is 2.44. The zero-order valence-corrected chi connectivity index (χ0v) is 19.4. The van der Waals surface area contributed by atoms with Crippen LogP contribution in [-0.4, -0.2) is 41.2 Å². The van der Waals surface area contributed by atoms with Crippen LogP contribution >= 0.6 is 34.8 Å². The molecule has 1 fully saturated rings. The predicted molar refractivity (Wildman–Crippen MR) is 130 cm³/mol. The molecule has 8 heteroatoms. The van der Waals surface area contributed by atoms with Gasteiger partial charge in [-0.25, -0.2) is 9.83 Å². The van der Waals surface area contributed by atoms with E-state index in [0.717, 1.165) is 17.7 Å². The van der Waals surface area contributed by atoms with Gasteiger partial charge in [0.15, 0.2) is 5.69 Å². The molecule has 2 heterocycles. The number of anilines is 1. The van der Waals surface area contributed by atoms with Gasteiger partial charge in [0.25, 0.3) is 0 Å². The molecule has 1 aliphatic rings. The molecule has 32 heavy (non-hydrogen) atoms. The molecule has 1 aromatic heterocycles. The van der Waals surface area contributed by atoms with Crippen LogP contribution in [0.2, 0.25) is 15.1 Å². The van der Waals surface area contributed by atoms with Crippen LogP contribution in [0, 0.1) is 6.57 Å². The number of aromatic nitrogens is 1. The number of aliphatic hydroxyl groups excluding tert-OH is 1. The zero-order chi connectivity index (χ0) is 22.7. The van der Waals surface area contributed by atoms with Gasteiger partial charge in [-0.1, -0.05) is 71.2 Å². The Labute approximate surface area is 202 Å². The minimum Gasteiger partial charge on any atom is -0.387 e. The van der Waals surface area contributed by atoms with E-state index in [-0.39, 0.29) is 6.04 Å². The SMILES string of the molecule is [C-]#[N+]c1ccc([C@H](O)CN2CCN(c3ncc(Cl)cc3Cl)[C@H](c3ccc(Cl)cc3)C2)cc1. The first-order valence-electron chi connectivity index (χ1n) is 10.2. The molecule has 0 unspecified atom stereocenters. The second kappa shape index (κ2) is 10.1. The number of piperazine rings is 1. The Morgan fingerprint density at radius 2 is 1.75 bits per heavy atom. The summed E-state index contributed by atoms with van der Waals surface area (Å²) >= 11 is 18.6. The molecule has 2 atom stereocenters. The van der Waals surface area contributed by atoms with Crippen molar-refractivity contribution in [1.82, 2.24) is 9.88 Å². The minimum atomic E-state index is -0.649. The van der Waals surface area contributed by atoms with Crippen molar-refractivity contribution in [3.05, 3.63) is 98.4 Å². The molecule has 0 saturated carbocycles. The molecule has 1 N–H and O–H groups in total. The average Bonchev–Trinajstić information content (AvgIpc) is 2.80. The van der Waals surface area contributed by atoms with Crippen LogP contribution in [-0.2, 0) is 0 Å². The summed E-state index contributed by atoms with van der Waals surface area (Å²) in [5.74, 6) is 0.686. The normalized spacial score (nSPS) is 17.7. The van der Waals surface area contributed by atoms with Gasteiger partial charge >= 0.3 is 0 Å². The van der Waals surface area contributed by atoms with Crippen molar-refractivity contribution < 1.29 is 5.11 Å². The third kappa shape index (κ3) is 5.17. The fourth-order valence-electron chi connectivity index (χ4n) is 3.97. The van der Waals surface area contributed by atoms with E-state index >= 15 is 0 Å². The lowest BCUT2D eigenvalue weighted by atomic mass is 10.0. The van der Waals surface area contributed by atoms with E-state index < -0.39 is 6.10 Å². The van der Waals surface area contributed by atoms with E-state index in [0.29, 0.717) is 46.2 Å². The number of hydrogen-bond acceptors (Lipinski definition) is 4. The van der Waals surface area contributed by atoms with E-state index in [1.54, 1.807) is 24.4 Å². The van der Waals surface area contributed by atoms with Crippen LogP contribution in [0.5, 0.6) is 0 Å². The van der Waals surface area contributed by atoms with Crippen molar-refractivity contribution >= 4 is 46.3 Å². The van der Waals surface area contributed by atoms with E-state index in [9.17, 15) is 5.11 Å². The Balaban J connectivity index is 1.56. The molecule has 1 saturated heterocycles. The standard InChI is InChI=1S/C24H21Cl3N4O/c1-28-20-8-4-17(5-9-20)23(32)15-30-10-11-31(24-21(27)12-19(26)13-29-24)22(14-30)16-2-6-18(25)7-3-16/h2-9,12-13,22-23,32H,10-11,14-15H2/t22-,23+/m0/s1. The fraction of sp³-hybridized carbons (Fsp3) is 0.250. The Bertz CT molecular complexity index is 1120. The van der Waals surface area contributed by atoms with Gasteiger partial charge in [0.2, 0.25) is 0 Å². The van der Waals surface area contributed by atoms with Crippen molar-refractivity contribution in [2.75, 3.05) is 31.1 Å². The third-order valence-corrected chi connectivity index (χ3v) is 6.35. The topological polar surface area (TPSA) is 44.0 Å². The first kappa shape index (κ1) is 22.8. The molecule has 3 aromatic rings. The molecule has 2 aromatic carbocycles. The number of benzene rings is 2. The Morgan fingerprint density at radius 3 is 2.41 bits per heavy atom. The summed E-state index contributed by atoms with van der Waals surface area (Å²) < 4.78 is 0. The van der Waals surface area contributed by atoms with Crippen LogP contribution < -0.4 is 4.90 Å². The Hall–Kier alpha value is -2.33. The molecule has 0 aliphatic carbocycles. The van der Waals surface area contributed by atoms with Crippen molar-refractivity contribution in [3.8, 4) is 0 Å². The number of β-amino-alcohol motifs (C(OH)–C–C–N with tert-alkyl or cyclic N) is 1. The Morgan fingerprint density at radius 1 is 1.03 bits per heavy atom. The average molecular weight is 488 g/mol. The summed E-state index contributed by atoms with van der Waals surface area (Å²) in [7, 11) is 0. The van der Waals surface area contributed by atoms with Gasteiger partial charge in [-0.15, -0.1) is 0 Å². The first-order valence-corrected chi connectivity index (χ1v) is 11.3. The zero-order valence-electron chi connectivity index (χ0n) is 17.1. The number of nitrogens with zero attached hydrogens (tertiary/aromatic N) is 4. The molecule has 4 rings (SSSR count). The van der Waals surface area contributed by atoms with Gasteiger partial charge in [0, 0.05) is 37.4 Å². The lowest BCUT2D eigenvalue weighted by Crippen LogP contribution is -2.49. The highest BCUT2D eigenvalue weighted by Crippen LogP contribution is 2.35. The maximum atomic E-state index is 10.8. The van der Waals surface area contributed by atoms with Crippen LogP contribution in [0.3, 0.4) is 0 Å². The van der Waals surface area contributed by atoms with Gasteiger partial charge in [0.1, 0.15) is 5.82 Å². The summed E-state index contributed by atoms with van der Waals surface area (Å²) in [5, 5.41) is 12.5. The second-order valence-corrected chi connectivity index (χ2v) is 8.98. The largest absolute Gasteiger partial charge is 0.387 e. The van der Waals surface area contributed by atoms with Crippen molar-refractivity contribution in [1.29, 1.82) is 0 Å². The lowest BCUT2D eigenvalue weighted by molar-refractivity contribution is 0.100. The van der Waals surface area contributed by atoms with E-state index in [2.05, 4.69) is 19.6 Å². The predicted octanol–water partition coefficient (Wildman–Crippen LogP) is 6.19. The molecule has 0 amide bonds. The van der Waals surface area contributed by atoms with E-state index in [4.69, 9.17) is 41.4 Å². The molecule has 0 spiro atoms. The van der Waals surface area contributed by atoms with Gasteiger partial charge < -0.3 is 10.0 Å². The molecule has 0 bridgehead atoms. The second-order valence-electron chi connectivity index (χ2n) is 7.70. The molecule has 0 radical (unpaired) electrons. The summed E-state index contributed by atoms with van der Waals surface area (Å²) in [6.07, 6.45) is 0.953. The summed E-state index contributed by atoms with van der Waals surface area (Å²) in [6.45, 7) is 9.67. The highest BCUT2D eigenvalue weighted by atomic mass is 35.5. The van der Waals surface area contributed by atoms with Gasteiger partial charge in [-0.2, -0.15) is 0 Å². The van der Waals surface area contributed by atoms with Crippen LogP contribution in [0.4, 0.5) is 11.5 Å². The molecular weight excluding hydrogens is 467 g/mol. The van der Waals surface area contributed by atoms with Gasteiger partial charge in [-0.3, -0.25) is 4.90 Å². The quantitative estimate of drug-likeness (QED) is 0.436. The van der Waals surface area contributed by atoms with Gasteiger partial charge in [0.05, 0.1) is 28.8 Å². The highest BCUT2D eigenvalue weighted by molar-refractivity contribution is 6.36. The summed E-state index contributed by atoms with van der Waals surface area (Å²) in [6, 6.07) is 16.5. The maximum absolute atomic E-state index is 10.8. The van der Waals surface area contributed by atoms with Crippen molar-refractivity contribution in [3.63, 3.8) is 0 Å². The number of halogens is 3. The smallest absolute Gasteiger partial charge is 0.187 e. The lowest BCUT2D eigenvalue weighted by Gasteiger charge is -2.43. The Kier molecular flexibility index (Phi) is 7.20. The monoisotopic (exact) mass is 486 g/mol. The van der Waals surface area contributed by atoms with Crippen LogP contribution in [0.1, 0.15) is 23.3 Å². The molecule has 5 nitrogen and oxygen atoms in total. The number of hydrogen-bond donors (Lipinski definition) is 1.